The van der Waals surface area contributed by atoms with Gasteiger partial charge in [-0.15, -0.1) is 0 Å². The molecule has 0 aliphatic carbocycles. The maximum atomic E-state index is 13.2. The van der Waals surface area contributed by atoms with Gasteiger partial charge in [0.2, 0.25) is 0 Å². The number of amides is 1. The summed E-state index contributed by atoms with van der Waals surface area (Å²) in [5.74, 6) is -0.375. The predicted molar refractivity (Wildman–Crippen MR) is 100.0 cm³/mol. The molecule has 1 aromatic carbocycles. The number of hydrogen-bond acceptors (Lipinski definition) is 7. The lowest BCUT2D eigenvalue weighted by molar-refractivity contribution is 0.0562. The van der Waals surface area contributed by atoms with Gasteiger partial charge in [-0.1, -0.05) is 0 Å². The van der Waals surface area contributed by atoms with Crippen LogP contribution in [-0.2, 0) is 19.2 Å². The zero-order chi connectivity index (χ0) is 20.2. The van der Waals surface area contributed by atoms with Crippen LogP contribution >= 0.6 is 0 Å². The van der Waals surface area contributed by atoms with Crippen LogP contribution in [0, 0.1) is 11.7 Å². The minimum atomic E-state index is -4.23. The first-order chi connectivity index (χ1) is 12.5. The SMILES string of the molecule is CC(C)(C)OC(=O)NS(=O)(=O)OCC1CCN(c2ccc(F)cc2N)CC1. The van der Waals surface area contributed by atoms with E-state index >= 15 is 0 Å². The zero-order valence-electron chi connectivity index (χ0n) is 15.7. The molecule has 1 aliphatic heterocycles. The Morgan fingerprint density at radius 1 is 1.33 bits per heavy atom. The average Bonchev–Trinajstić information content (AvgIpc) is 2.51. The van der Waals surface area contributed by atoms with Gasteiger partial charge in [0.15, 0.2) is 0 Å². The first-order valence-corrected chi connectivity index (χ1v) is 10.1. The van der Waals surface area contributed by atoms with Crippen molar-refractivity contribution >= 4 is 27.8 Å². The lowest BCUT2D eigenvalue weighted by Gasteiger charge is -2.34. The van der Waals surface area contributed by atoms with E-state index in [1.54, 1.807) is 31.6 Å². The molecule has 0 radical (unpaired) electrons. The summed E-state index contributed by atoms with van der Waals surface area (Å²) in [5.41, 5.74) is 6.17. The van der Waals surface area contributed by atoms with Gasteiger partial charge in [-0.05, 0) is 57.7 Å². The number of nitrogens with zero attached hydrogens (tertiary/aromatic N) is 1. The molecule has 0 atom stereocenters. The Bertz CT molecular complexity index is 771. The van der Waals surface area contributed by atoms with E-state index in [1.165, 1.54) is 12.1 Å². The molecular formula is C17H26FN3O5S. The second-order valence-electron chi connectivity index (χ2n) is 7.48. The van der Waals surface area contributed by atoms with Crippen molar-refractivity contribution in [1.29, 1.82) is 0 Å². The van der Waals surface area contributed by atoms with Gasteiger partial charge < -0.3 is 15.4 Å². The highest BCUT2D eigenvalue weighted by atomic mass is 32.2. The first-order valence-electron chi connectivity index (χ1n) is 8.65. The van der Waals surface area contributed by atoms with Crippen molar-refractivity contribution in [2.75, 3.05) is 30.3 Å². The molecule has 1 fully saturated rings. The van der Waals surface area contributed by atoms with E-state index in [0.29, 0.717) is 31.6 Å². The van der Waals surface area contributed by atoms with Crippen molar-refractivity contribution in [2.24, 2.45) is 5.92 Å². The maximum Gasteiger partial charge on any atom is 0.423 e. The third-order valence-electron chi connectivity index (χ3n) is 4.01. The molecule has 1 aromatic rings. The highest BCUT2D eigenvalue weighted by molar-refractivity contribution is 7.85. The van der Waals surface area contributed by atoms with Crippen molar-refractivity contribution < 1.29 is 26.5 Å². The molecule has 0 aromatic heterocycles. The van der Waals surface area contributed by atoms with E-state index in [0.717, 1.165) is 5.69 Å². The topological polar surface area (TPSA) is 111 Å². The summed E-state index contributed by atoms with van der Waals surface area (Å²) in [4.78, 5) is 13.6. The summed E-state index contributed by atoms with van der Waals surface area (Å²) in [6.45, 7) is 6.13. The lowest BCUT2D eigenvalue weighted by atomic mass is 9.97. The second kappa shape index (κ2) is 8.30. The van der Waals surface area contributed by atoms with Gasteiger partial charge in [-0.25, -0.2) is 9.18 Å². The molecule has 27 heavy (non-hydrogen) atoms. The maximum absolute atomic E-state index is 13.2. The molecule has 1 heterocycles. The third-order valence-corrected chi connectivity index (χ3v) is 4.87. The molecule has 2 rings (SSSR count). The minimum absolute atomic E-state index is 0.0122. The zero-order valence-corrected chi connectivity index (χ0v) is 16.5. The fourth-order valence-corrected chi connectivity index (χ4v) is 3.45. The van der Waals surface area contributed by atoms with Crippen LogP contribution < -0.4 is 15.4 Å². The number of hydrogen-bond donors (Lipinski definition) is 2. The van der Waals surface area contributed by atoms with Gasteiger partial charge in [0.05, 0.1) is 18.0 Å². The summed E-state index contributed by atoms with van der Waals surface area (Å²) in [5, 5.41) is 0. The molecule has 0 bridgehead atoms. The molecule has 8 nitrogen and oxygen atoms in total. The highest BCUT2D eigenvalue weighted by Crippen LogP contribution is 2.28. The molecule has 0 spiro atoms. The van der Waals surface area contributed by atoms with Crippen LogP contribution in [0.15, 0.2) is 18.2 Å². The number of carbonyl (C=O) groups excluding carboxylic acids is 1. The van der Waals surface area contributed by atoms with Crippen LogP contribution in [0.1, 0.15) is 33.6 Å². The molecule has 152 valence electrons. The lowest BCUT2D eigenvalue weighted by Crippen LogP contribution is -2.39. The Labute approximate surface area is 159 Å². The third kappa shape index (κ3) is 6.87. The largest absolute Gasteiger partial charge is 0.443 e. The number of nitrogens with one attached hydrogen (secondary N) is 1. The van der Waals surface area contributed by atoms with Crippen LogP contribution in [0.25, 0.3) is 0 Å². The van der Waals surface area contributed by atoms with Gasteiger partial charge in [0.25, 0.3) is 0 Å². The Morgan fingerprint density at radius 2 is 1.96 bits per heavy atom. The number of halogens is 1. The standard InChI is InChI=1S/C17H26FN3O5S/c1-17(2,3)26-16(22)20-27(23,24)25-11-12-6-8-21(9-7-12)15-5-4-13(18)10-14(15)19/h4-5,10,12H,6-9,11,19H2,1-3H3,(H,20,22). The molecule has 1 saturated heterocycles. The number of carbonyl (C=O) groups is 1. The Kier molecular flexibility index (Phi) is 6.53. The van der Waals surface area contributed by atoms with E-state index in [-0.39, 0.29) is 18.3 Å². The number of benzene rings is 1. The van der Waals surface area contributed by atoms with Crippen molar-refractivity contribution in [3.8, 4) is 0 Å². The first kappa shape index (κ1) is 21.2. The summed E-state index contributed by atoms with van der Waals surface area (Å²) in [7, 11) is -4.23. The fraction of sp³-hybridized carbons (Fsp3) is 0.588. The number of ether oxygens (including phenoxy) is 1. The Morgan fingerprint density at radius 3 is 2.52 bits per heavy atom. The molecule has 1 aliphatic rings. The van der Waals surface area contributed by atoms with E-state index in [1.807, 2.05) is 4.90 Å². The van der Waals surface area contributed by atoms with Crippen LogP contribution in [-0.4, -0.2) is 39.8 Å². The molecule has 0 unspecified atom stereocenters. The highest BCUT2D eigenvalue weighted by Gasteiger charge is 2.25. The van der Waals surface area contributed by atoms with Gasteiger partial charge >= 0.3 is 16.4 Å². The second-order valence-corrected chi connectivity index (χ2v) is 8.82. The molecular weight excluding hydrogens is 377 g/mol. The number of anilines is 2. The van der Waals surface area contributed by atoms with Crippen molar-refractivity contribution in [1.82, 2.24) is 4.72 Å². The quantitative estimate of drug-likeness (QED) is 0.726. The summed E-state index contributed by atoms with van der Waals surface area (Å²) < 4.78 is 48.4. The summed E-state index contributed by atoms with van der Waals surface area (Å²) in [6.07, 6.45) is 0.279. The van der Waals surface area contributed by atoms with Crippen molar-refractivity contribution in [3.05, 3.63) is 24.0 Å². The van der Waals surface area contributed by atoms with Crippen LogP contribution in [0.2, 0.25) is 0 Å². The molecule has 10 heteroatoms. The molecule has 3 N–H and O–H groups in total. The fourth-order valence-electron chi connectivity index (χ4n) is 2.77. The summed E-state index contributed by atoms with van der Waals surface area (Å²) >= 11 is 0. The normalized spacial score (nSPS) is 16.2. The Hall–Kier alpha value is -2.07. The number of rotatable bonds is 5. The van der Waals surface area contributed by atoms with Crippen LogP contribution in [0.5, 0.6) is 0 Å². The van der Waals surface area contributed by atoms with E-state index in [4.69, 9.17) is 14.7 Å². The monoisotopic (exact) mass is 403 g/mol. The molecule has 1 amide bonds. The van der Waals surface area contributed by atoms with Crippen molar-refractivity contribution in [3.63, 3.8) is 0 Å². The molecule has 0 saturated carbocycles. The van der Waals surface area contributed by atoms with E-state index < -0.39 is 22.0 Å². The van der Waals surface area contributed by atoms with Gasteiger partial charge in [-0.2, -0.15) is 13.1 Å². The van der Waals surface area contributed by atoms with Crippen molar-refractivity contribution in [2.45, 2.75) is 39.2 Å². The Balaban J connectivity index is 1.81. The number of nitrogen functional groups attached to an aromatic ring is 1. The predicted octanol–water partition coefficient (Wildman–Crippen LogP) is 2.41. The minimum Gasteiger partial charge on any atom is -0.443 e. The number of nitrogens with two attached hydrogens (primary N) is 1. The van der Waals surface area contributed by atoms with Gasteiger partial charge in [-0.3, -0.25) is 4.18 Å². The van der Waals surface area contributed by atoms with E-state index in [9.17, 15) is 17.6 Å². The average molecular weight is 403 g/mol. The van der Waals surface area contributed by atoms with Gasteiger partial charge in [0.1, 0.15) is 11.4 Å². The van der Waals surface area contributed by atoms with E-state index in [2.05, 4.69) is 0 Å². The van der Waals surface area contributed by atoms with Crippen LogP contribution in [0.3, 0.4) is 0 Å². The van der Waals surface area contributed by atoms with Gasteiger partial charge in [0, 0.05) is 13.1 Å². The summed E-state index contributed by atoms with van der Waals surface area (Å²) in [6, 6.07) is 4.27. The smallest absolute Gasteiger partial charge is 0.423 e. The van der Waals surface area contributed by atoms with Crippen LogP contribution in [0.4, 0.5) is 20.6 Å². The number of piperidine rings is 1.